The highest BCUT2D eigenvalue weighted by atomic mass is 32.1. The normalized spacial score (nSPS) is 12.0. The Morgan fingerprint density at radius 1 is 1.30 bits per heavy atom. The minimum atomic E-state index is -0.377. The van der Waals surface area contributed by atoms with Crippen molar-refractivity contribution in [3.63, 3.8) is 0 Å². The average Bonchev–Trinajstić information content (AvgIpc) is 2.96. The fourth-order valence-electron chi connectivity index (χ4n) is 1.95. The highest BCUT2D eigenvalue weighted by Crippen LogP contribution is 2.18. The number of aliphatic hydroxyl groups is 1. The van der Waals surface area contributed by atoms with Crippen LogP contribution < -0.4 is 10.6 Å². The van der Waals surface area contributed by atoms with Crippen LogP contribution in [0.5, 0.6) is 0 Å². The van der Waals surface area contributed by atoms with Gasteiger partial charge in [-0.15, -0.1) is 10.2 Å². The summed E-state index contributed by atoms with van der Waals surface area (Å²) in [5.41, 5.74) is 2.38. The molecule has 0 radical (unpaired) electrons. The van der Waals surface area contributed by atoms with E-state index in [2.05, 4.69) is 52.0 Å². The van der Waals surface area contributed by atoms with Crippen LogP contribution in [0.25, 0.3) is 0 Å². The lowest BCUT2D eigenvalue weighted by molar-refractivity contribution is 0.160. The van der Waals surface area contributed by atoms with Gasteiger partial charge in [0.2, 0.25) is 5.13 Å². The smallest absolute Gasteiger partial charge is 0.321 e. The highest BCUT2D eigenvalue weighted by Gasteiger charge is 2.09. The Labute approximate surface area is 140 Å². The average molecular weight is 334 g/mol. The fourth-order valence-corrected chi connectivity index (χ4v) is 2.72. The van der Waals surface area contributed by atoms with E-state index in [1.54, 1.807) is 0 Å². The summed E-state index contributed by atoms with van der Waals surface area (Å²) in [7, 11) is 0. The first-order valence-electron chi connectivity index (χ1n) is 7.67. The van der Waals surface area contributed by atoms with Gasteiger partial charge >= 0.3 is 6.03 Å². The number of nitrogens with one attached hydrogen (secondary N) is 2. The molecular formula is C16H22N4O2S. The Balaban J connectivity index is 1.80. The maximum absolute atomic E-state index is 11.7. The first-order chi connectivity index (χ1) is 11.1. The van der Waals surface area contributed by atoms with E-state index in [9.17, 15) is 9.90 Å². The minimum Gasteiger partial charge on any atom is -0.393 e. The maximum atomic E-state index is 11.7. The maximum Gasteiger partial charge on any atom is 0.321 e. The molecule has 2 rings (SSSR count). The van der Waals surface area contributed by atoms with Crippen molar-refractivity contribution in [2.75, 3.05) is 11.9 Å². The molecule has 0 fully saturated rings. The van der Waals surface area contributed by atoms with Crippen molar-refractivity contribution in [3.05, 3.63) is 40.4 Å². The van der Waals surface area contributed by atoms with Gasteiger partial charge in [0.25, 0.3) is 0 Å². The molecule has 0 bridgehead atoms. The SMILES string of the molecule is CCC(O)CCNC(=O)Nc1nnc(Cc2ccc(C)cc2)s1. The molecule has 23 heavy (non-hydrogen) atoms. The standard InChI is InChI=1S/C16H22N4O2S/c1-3-13(21)8-9-17-15(22)18-16-20-19-14(23-16)10-12-6-4-11(2)5-7-12/h4-7,13,21H,3,8-10H2,1-2H3,(H2,17,18,20,22). The summed E-state index contributed by atoms with van der Waals surface area (Å²) < 4.78 is 0. The molecule has 2 aromatic rings. The summed E-state index contributed by atoms with van der Waals surface area (Å²) in [6.45, 7) is 4.38. The number of urea groups is 1. The number of hydrogen-bond acceptors (Lipinski definition) is 5. The van der Waals surface area contributed by atoms with Crippen LogP contribution in [0.1, 0.15) is 35.9 Å². The molecule has 0 aliphatic carbocycles. The number of aromatic nitrogens is 2. The zero-order valence-corrected chi connectivity index (χ0v) is 14.2. The molecule has 7 heteroatoms. The van der Waals surface area contributed by atoms with Crippen LogP contribution in [-0.4, -0.2) is 34.0 Å². The van der Waals surface area contributed by atoms with Gasteiger partial charge in [-0.05, 0) is 25.3 Å². The van der Waals surface area contributed by atoms with Gasteiger partial charge in [0.1, 0.15) is 5.01 Å². The van der Waals surface area contributed by atoms with Crippen LogP contribution in [-0.2, 0) is 6.42 Å². The van der Waals surface area contributed by atoms with Crippen LogP contribution in [0.15, 0.2) is 24.3 Å². The molecule has 0 aliphatic rings. The van der Waals surface area contributed by atoms with Crippen molar-refractivity contribution >= 4 is 22.5 Å². The number of aryl methyl sites for hydroxylation is 1. The number of anilines is 1. The Hall–Kier alpha value is -1.99. The monoisotopic (exact) mass is 334 g/mol. The molecular weight excluding hydrogens is 312 g/mol. The lowest BCUT2D eigenvalue weighted by Crippen LogP contribution is -2.31. The molecule has 1 aromatic heterocycles. The van der Waals surface area contributed by atoms with Crippen LogP contribution in [0.4, 0.5) is 9.93 Å². The number of nitrogens with zero attached hydrogens (tertiary/aromatic N) is 2. The van der Waals surface area contributed by atoms with E-state index < -0.39 is 0 Å². The Morgan fingerprint density at radius 3 is 2.74 bits per heavy atom. The van der Waals surface area contributed by atoms with Crippen molar-refractivity contribution in [2.24, 2.45) is 0 Å². The van der Waals surface area contributed by atoms with Crippen LogP contribution in [0.3, 0.4) is 0 Å². The summed E-state index contributed by atoms with van der Waals surface area (Å²) in [4.78, 5) is 11.7. The van der Waals surface area contributed by atoms with E-state index in [4.69, 9.17) is 0 Å². The molecule has 1 aromatic carbocycles. The van der Waals surface area contributed by atoms with Crippen molar-refractivity contribution in [3.8, 4) is 0 Å². The van der Waals surface area contributed by atoms with Gasteiger partial charge in [-0.2, -0.15) is 0 Å². The first-order valence-corrected chi connectivity index (χ1v) is 8.49. The van der Waals surface area contributed by atoms with Crippen molar-refractivity contribution < 1.29 is 9.90 Å². The summed E-state index contributed by atoms with van der Waals surface area (Å²) in [6, 6.07) is 7.93. The molecule has 124 valence electrons. The lowest BCUT2D eigenvalue weighted by atomic mass is 10.1. The summed E-state index contributed by atoms with van der Waals surface area (Å²) in [5, 5.41) is 24.2. The van der Waals surface area contributed by atoms with E-state index in [1.165, 1.54) is 16.9 Å². The third-order valence-electron chi connectivity index (χ3n) is 3.40. The Kier molecular flexibility index (Phi) is 6.49. The van der Waals surface area contributed by atoms with E-state index in [1.807, 2.05) is 6.92 Å². The summed E-state index contributed by atoms with van der Waals surface area (Å²) in [5.74, 6) is 0. The molecule has 0 aliphatic heterocycles. The Bertz CT molecular complexity index is 627. The number of benzene rings is 1. The molecule has 3 N–H and O–H groups in total. The van der Waals surface area contributed by atoms with Crippen LogP contribution in [0, 0.1) is 6.92 Å². The highest BCUT2D eigenvalue weighted by molar-refractivity contribution is 7.15. The summed E-state index contributed by atoms with van der Waals surface area (Å²) >= 11 is 1.36. The quantitative estimate of drug-likeness (QED) is 0.726. The molecule has 1 unspecified atom stereocenters. The van der Waals surface area contributed by atoms with Crippen LogP contribution >= 0.6 is 11.3 Å². The number of aliphatic hydroxyl groups excluding tert-OH is 1. The van der Waals surface area contributed by atoms with Gasteiger partial charge in [-0.3, -0.25) is 5.32 Å². The second kappa shape index (κ2) is 8.59. The largest absolute Gasteiger partial charge is 0.393 e. The number of hydrogen-bond donors (Lipinski definition) is 3. The second-order valence-electron chi connectivity index (χ2n) is 5.39. The molecule has 0 spiro atoms. The van der Waals surface area contributed by atoms with E-state index in [0.717, 1.165) is 10.6 Å². The lowest BCUT2D eigenvalue weighted by Gasteiger charge is -2.08. The number of amides is 2. The predicted octanol–water partition coefficient (Wildman–Crippen LogP) is 2.72. The third-order valence-corrected chi connectivity index (χ3v) is 4.24. The van der Waals surface area contributed by atoms with Crippen LogP contribution in [0.2, 0.25) is 0 Å². The van der Waals surface area contributed by atoms with Crippen molar-refractivity contribution in [1.29, 1.82) is 0 Å². The molecule has 2 amide bonds. The van der Waals surface area contributed by atoms with Gasteiger partial charge in [0.15, 0.2) is 0 Å². The van der Waals surface area contributed by atoms with Gasteiger partial charge in [0.05, 0.1) is 6.10 Å². The van der Waals surface area contributed by atoms with Gasteiger partial charge in [0, 0.05) is 13.0 Å². The number of rotatable bonds is 7. The summed E-state index contributed by atoms with van der Waals surface area (Å²) in [6.07, 6.45) is 1.54. The topological polar surface area (TPSA) is 87.1 Å². The van der Waals surface area contributed by atoms with E-state index in [0.29, 0.717) is 30.9 Å². The van der Waals surface area contributed by atoms with Gasteiger partial charge in [-0.1, -0.05) is 48.1 Å². The minimum absolute atomic E-state index is 0.327. The van der Waals surface area contributed by atoms with E-state index >= 15 is 0 Å². The van der Waals surface area contributed by atoms with Crippen molar-refractivity contribution in [1.82, 2.24) is 15.5 Å². The zero-order valence-electron chi connectivity index (χ0n) is 13.4. The zero-order chi connectivity index (χ0) is 16.7. The van der Waals surface area contributed by atoms with Gasteiger partial charge in [-0.25, -0.2) is 4.79 Å². The number of carbonyl (C=O) groups is 1. The first kappa shape index (κ1) is 17.4. The van der Waals surface area contributed by atoms with E-state index in [-0.39, 0.29) is 12.1 Å². The second-order valence-corrected chi connectivity index (χ2v) is 6.46. The predicted molar refractivity (Wildman–Crippen MR) is 91.8 cm³/mol. The molecule has 1 atom stereocenters. The molecule has 0 saturated carbocycles. The fraction of sp³-hybridized carbons (Fsp3) is 0.438. The molecule has 6 nitrogen and oxygen atoms in total. The third kappa shape index (κ3) is 5.96. The molecule has 0 saturated heterocycles. The molecule has 1 heterocycles. The Morgan fingerprint density at radius 2 is 2.04 bits per heavy atom. The van der Waals surface area contributed by atoms with Gasteiger partial charge < -0.3 is 10.4 Å². The number of carbonyl (C=O) groups excluding carboxylic acids is 1. The van der Waals surface area contributed by atoms with Crippen molar-refractivity contribution in [2.45, 2.75) is 39.2 Å².